The van der Waals surface area contributed by atoms with Crippen molar-refractivity contribution in [3.63, 3.8) is 0 Å². The maximum atomic E-state index is 12.3. The van der Waals surface area contributed by atoms with Gasteiger partial charge < -0.3 is 10.2 Å². The second-order valence-electron chi connectivity index (χ2n) is 5.80. The molecular formula is C19H23ClN2O. The molecule has 0 unspecified atom stereocenters. The Labute approximate surface area is 143 Å². The summed E-state index contributed by atoms with van der Waals surface area (Å²) in [5, 5.41) is 3.65. The molecule has 0 aliphatic carbocycles. The first kappa shape index (κ1) is 17.5. The summed E-state index contributed by atoms with van der Waals surface area (Å²) in [4.78, 5) is 14.3. The lowest BCUT2D eigenvalue weighted by molar-refractivity contribution is 0.0951. The first-order valence-electron chi connectivity index (χ1n) is 7.83. The summed E-state index contributed by atoms with van der Waals surface area (Å²) in [7, 11) is 3.97. The van der Waals surface area contributed by atoms with E-state index in [9.17, 15) is 4.79 Å². The Hall–Kier alpha value is -1.84. The molecule has 3 nitrogen and oxygen atoms in total. The van der Waals surface area contributed by atoms with Crippen LogP contribution >= 0.6 is 11.6 Å². The lowest BCUT2D eigenvalue weighted by Gasteiger charge is -2.12. The van der Waals surface area contributed by atoms with Crippen LogP contribution in [0.1, 0.15) is 22.8 Å². The molecule has 23 heavy (non-hydrogen) atoms. The van der Waals surface area contributed by atoms with Crippen molar-refractivity contribution in [3.8, 4) is 11.1 Å². The smallest absolute Gasteiger partial charge is 0.251 e. The molecule has 1 amide bonds. The third kappa shape index (κ3) is 4.81. The van der Waals surface area contributed by atoms with Gasteiger partial charge in [0.05, 0.1) is 0 Å². The van der Waals surface area contributed by atoms with Gasteiger partial charge in [-0.25, -0.2) is 0 Å². The second-order valence-corrected chi connectivity index (χ2v) is 6.23. The Morgan fingerprint density at radius 2 is 1.96 bits per heavy atom. The van der Waals surface area contributed by atoms with E-state index < -0.39 is 0 Å². The van der Waals surface area contributed by atoms with Crippen molar-refractivity contribution in [1.29, 1.82) is 0 Å². The van der Waals surface area contributed by atoms with E-state index in [1.165, 1.54) is 5.56 Å². The van der Waals surface area contributed by atoms with Crippen molar-refractivity contribution in [3.05, 3.63) is 58.6 Å². The van der Waals surface area contributed by atoms with E-state index in [0.29, 0.717) is 17.1 Å². The van der Waals surface area contributed by atoms with Gasteiger partial charge in [0.2, 0.25) is 0 Å². The summed E-state index contributed by atoms with van der Waals surface area (Å²) in [5.41, 5.74) is 4.00. The fraction of sp³-hybridized carbons (Fsp3) is 0.316. The van der Waals surface area contributed by atoms with Crippen molar-refractivity contribution < 1.29 is 4.79 Å². The van der Waals surface area contributed by atoms with Gasteiger partial charge in [0.15, 0.2) is 0 Å². The molecule has 2 rings (SSSR count). The summed E-state index contributed by atoms with van der Waals surface area (Å²) in [5.74, 6) is -0.0474. The maximum absolute atomic E-state index is 12.3. The number of halogens is 1. The van der Waals surface area contributed by atoms with E-state index in [4.69, 9.17) is 11.6 Å². The van der Waals surface area contributed by atoms with Gasteiger partial charge in [-0.15, -0.1) is 0 Å². The molecule has 0 atom stereocenters. The number of amides is 1. The Bertz CT molecular complexity index is 683. The topological polar surface area (TPSA) is 32.3 Å². The molecule has 4 heteroatoms. The molecule has 0 aliphatic rings. The molecule has 0 saturated heterocycles. The summed E-state index contributed by atoms with van der Waals surface area (Å²) in [6.07, 6.45) is 0.922. The number of hydrogen-bond donors (Lipinski definition) is 1. The zero-order chi connectivity index (χ0) is 16.8. The van der Waals surface area contributed by atoms with Crippen molar-refractivity contribution in [1.82, 2.24) is 10.2 Å². The van der Waals surface area contributed by atoms with E-state index in [2.05, 4.69) is 12.2 Å². The Balaban J connectivity index is 2.23. The largest absolute Gasteiger partial charge is 0.351 e. The second kappa shape index (κ2) is 8.14. The third-order valence-electron chi connectivity index (χ3n) is 3.73. The zero-order valence-corrected chi connectivity index (χ0v) is 14.7. The van der Waals surface area contributed by atoms with Crippen LogP contribution in [-0.4, -0.2) is 38.0 Å². The molecule has 0 aliphatic heterocycles. The lowest BCUT2D eigenvalue weighted by Crippen LogP contribution is -2.31. The van der Waals surface area contributed by atoms with Gasteiger partial charge >= 0.3 is 0 Å². The average molecular weight is 331 g/mol. The first-order valence-corrected chi connectivity index (χ1v) is 8.21. The minimum atomic E-state index is -0.0474. The molecule has 0 aromatic heterocycles. The number of likely N-dealkylation sites (N-methyl/N-ethyl adjacent to an activating group) is 1. The Morgan fingerprint density at radius 1 is 1.17 bits per heavy atom. The number of nitrogens with zero attached hydrogens (tertiary/aromatic N) is 1. The van der Waals surface area contributed by atoms with Crippen LogP contribution in [-0.2, 0) is 6.42 Å². The minimum Gasteiger partial charge on any atom is -0.351 e. The molecule has 0 radical (unpaired) electrons. The molecule has 2 aromatic rings. The highest BCUT2D eigenvalue weighted by molar-refractivity contribution is 6.30. The van der Waals surface area contributed by atoms with Gasteiger partial charge in [-0.1, -0.05) is 36.7 Å². The minimum absolute atomic E-state index is 0.0474. The number of aryl methyl sites for hydroxylation is 1. The highest BCUT2D eigenvalue weighted by Crippen LogP contribution is 2.28. The van der Waals surface area contributed by atoms with Gasteiger partial charge in [-0.05, 0) is 61.5 Å². The van der Waals surface area contributed by atoms with Crippen molar-refractivity contribution in [2.24, 2.45) is 0 Å². The highest BCUT2D eigenvalue weighted by Gasteiger charge is 2.09. The van der Waals surface area contributed by atoms with E-state index in [0.717, 1.165) is 24.1 Å². The first-order chi connectivity index (χ1) is 11.0. The molecule has 0 saturated carbocycles. The normalized spacial score (nSPS) is 10.8. The summed E-state index contributed by atoms with van der Waals surface area (Å²) in [6.45, 7) is 3.57. The van der Waals surface area contributed by atoms with Crippen molar-refractivity contribution in [2.45, 2.75) is 13.3 Å². The number of hydrogen-bond acceptors (Lipinski definition) is 2. The van der Waals surface area contributed by atoms with Gasteiger partial charge in [-0.2, -0.15) is 0 Å². The number of nitrogens with one attached hydrogen (secondary N) is 1. The fourth-order valence-electron chi connectivity index (χ4n) is 2.45. The number of carbonyl (C=O) groups is 1. The maximum Gasteiger partial charge on any atom is 0.251 e. The standard InChI is InChI=1S/C19H23ClN2O/c1-4-14-8-9-17(20)13-18(14)15-6-5-7-16(12-15)19(23)21-10-11-22(2)3/h5-9,12-13H,4,10-11H2,1-3H3,(H,21,23). The molecular weight excluding hydrogens is 308 g/mol. The van der Waals surface area contributed by atoms with E-state index in [-0.39, 0.29) is 5.91 Å². The van der Waals surface area contributed by atoms with E-state index in [1.807, 2.05) is 61.5 Å². The Kier molecular flexibility index (Phi) is 6.20. The van der Waals surface area contributed by atoms with E-state index in [1.54, 1.807) is 0 Å². The van der Waals surface area contributed by atoms with Crippen LogP contribution in [0, 0.1) is 0 Å². The van der Waals surface area contributed by atoms with Crippen molar-refractivity contribution >= 4 is 17.5 Å². The molecule has 0 bridgehead atoms. The van der Waals surface area contributed by atoms with Gasteiger partial charge in [0.1, 0.15) is 0 Å². The molecule has 0 heterocycles. The average Bonchev–Trinajstić information content (AvgIpc) is 2.54. The van der Waals surface area contributed by atoms with Crippen LogP contribution in [0.4, 0.5) is 0 Å². The molecule has 122 valence electrons. The van der Waals surface area contributed by atoms with Crippen LogP contribution in [0.15, 0.2) is 42.5 Å². The lowest BCUT2D eigenvalue weighted by atomic mass is 9.96. The van der Waals surface area contributed by atoms with Crippen LogP contribution in [0.2, 0.25) is 5.02 Å². The molecule has 0 spiro atoms. The Morgan fingerprint density at radius 3 is 2.65 bits per heavy atom. The quantitative estimate of drug-likeness (QED) is 0.872. The monoisotopic (exact) mass is 330 g/mol. The highest BCUT2D eigenvalue weighted by atomic mass is 35.5. The van der Waals surface area contributed by atoms with Crippen LogP contribution in [0.5, 0.6) is 0 Å². The van der Waals surface area contributed by atoms with Crippen LogP contribution in [0.25, 0.3) is 11.1 Å². The molecule has 1 N–H and O–H groups in total. The zero-order valence-electron chi connectivity index (χ0n) is 13.9. The van der Waals surface area contributed by atoms with Gasteiger partial charge in [-0.3, -0.25) is 4.79 Å². The van der Waals surface area contributed by atoms with Gasteiger partial charge in [0, 0.05) is 23.7 Å². The third-order valence-corrected chi connectivity index (χ3v) is 3.97. The van der Waals surface area contributed by atoms with Crippen LogP contribution < -0.4 is 5.32 Å². The predicted octanol–water partition coefficient (Wildman–Crippen LogP) is 3.86. The fourth-order valence-corrected chi connectivity index (χ4v) is 2.62. The summed E-state index contributed by atoms with van der Waals surface area (Å²) >= 11 is 6.14. The molecule has 0 fully saturated rings. The summed E-state index contributed by atoms with van der Waals surface area (Å²) in [6, 6.07) is 13.6. The number of rotatable bonds is 6. The predicted molar refractivity (Wildman–Crippen MR) is 97.2 cm³/mol. The number of carbonyl (C=O) groups excluding carboxylic acids is 1. The van der Waals surface area contributed by atoms with Crippen molar-refractivity contribution in [2.75, 3.05) is 27.2 Å². The van der Waals surface area contributed by atoms with E-state index >= 15 is 0 Å². The number of benzene rings is 2. The SMILES string of the molecule is CCc1ccc(Cl)cc1-c1cccc(C(=O)NCCN(C)C)c1. The van der Waals surface area contributed by atoms with Crippen LogP contribution in [0.3, 0.4) is 0 Å². The van der Waals surface area contributed by atoms with Gasteiger partial charge in [0.25, 0.3) is 5.91 Å². The molecule has 2 aromatic carbocycles. The summed E-state index contributed by atoms with van der Waals surface area (Å²) < 4.78 is 0.